The summed E-state index contributed by atoms with van der Waals surface area (Å²) in [5, 5.41) is 3.63. The van der Waals surface area contributed by atoms with Crippen LogP contribution in [0.4, 0.5) is 11.4 Å². The van der Waals surface area contributed by atoms with E-state index in [2.05, 4.69) is 67.3 Å². The third kappa shape index (κ3) is 2.96. The van der Waals surface area contributed by atoms with Crippen LogP contribution in [0.15, 0.2) is 24.3 Å². The van der Waals surface area contributed by atoms with Gasteiger partial charge in [0.15, 0.2) is 0 Å². The molecule has 3 nitrogen and oxygen atoms in total. The zero-order valence-electron chi connectivity index (χ0n) is 12.0. The van der Waals surface area contributed by atoms with Crippen LogP contribution in [0.25, 0.3) is 0 Å². The maximum atomic E-state index is 3.63. The van der Waals surface area contributed by atoms with E-state index >= 15 is 0 Å². The Kier molecular flexibility index (Phi) is 4.12. The van der Waals surface area contributed by atoms with Gasteiger partial charge in [-0.3, -0.25) is 0 Å². The molecule has 1 N–H and O–H groups in total. The van der Waals surface area contributed by atoms with Gasteiger partial charge in [0.1, 0.15) is 0 Å². The van der Waals surface area contributed by atoms with Gasteiger partial charge in [-0.2, -0.15) is 0 Å². The molecule has 0 saturated carbocycles. The third-order valence-electron chi connectivity index (χ3n) is 3.46. The summed E-state index contributed by atoms with van der Waals surface area (Å²) in [7, 11) is 4.22. The molecule has 1 heterocycles. The molecule has 1 aromatic rings. The molecular weight excluding hydrogens is 222 g/mol. The van der Waals surface area contributed by atoms with Gasteiger partial charge in [0.05, 0.1) is 11.4 Å². The molecule has 1 aromatic carbocycles. The third-order valence-corrected chi connectivity index (χ3v) is 3.46. The average molecular weight is 247 g/mol. The van der Waals surface area contributed by atoms with Gasteiger partial charge < -0.3 is 15.1 Å². The van der Waals surface area contributed by atoms with Crippen molar-refractivity contribution in [2.75, 3.05) is 37.0 Å². The Morgan fingerprint density at radius 2 is 2.00 bits per heavy atom. The number of para-hydroxylation sites is 2. The Bertz CT molecular complexity index is 387. The number of nitrogens with zero attached hydrogens (tertiary/aromatic N) is 2. The van der Waals surface area contributed by atoms with E-state index in [4.69, 9.17) is 0 Å². The fourth-order valence-corrected chi connectivity index (χ4v) is 2.70. The van der Waals surface area contributed by atoms with Crippen LogP contribution < -0.4 is 15.1 Å². The van der Waals surface area contributed by atoms with Crippen molar-refractivity contribution in [3.05, 3.63) is 24.3 Å². The maximum absolute atomic E-state index is 3.63. The maximum Gasteiger partial charge on any atom is 0.0604 e. The fraction of sp³-hybridized carbons (Fsp3) is 0.600. The van der Waals surface area contributed by atoms with E-state index in [-0.39, 0.29) is 0 Å². The van der Waals surface area contributed by atoms with Crippen molar-refractivity contribution in [1.82, 2.24) is 5.32 Å². The molecule has 18 heavy (non-hydrogen) atoms. The highest BCUT2D eigenvalue weighted by atomic mass is 15.2. The standard InChI is InChI=1S/C15H25N3/c1-12(2)16-13-9-10-18(11-13)15-8-6-5-7-14(15)17(3)4/h5-8,12-13,16H,9-11H2,1-4H3. The van der Waals surface area contributed by atoms with Crippen LogP contribution >= 0.6 is 0 Å². The van der Waals surface area contributed by atoms with Crippen LogP contribution in [0.5, 0.6) is 0 Å². The number of anilines is 2. The highest BCUT2D eigenvalue weighted by molar-refractivity contribution is 5.71. The van der Waals surface area contributed by atoms with Crippen LogP contribution in [-0.2, 0) is 0 Å². The molecule has 100 valence electrons. The second-order valence-corrected chi connectivity index (χ2v) is 5.64. The van der Waals surface area contributed by atoms with Crippen molar-refractivity contribution in [1.29, 1.82) is 0 Å². The van der Waals surface area contributed by atoms with E-state index in [1.165, 1.54) is 17.8 Å². The number of benzene rings is 1. The van der Waals surface area contributed by atoms with E-state index in [9.17, 15) is 0 Å². The van der Waals surface area contributed by atoms with Crippen LogP contribution in [0.1, 0.15) is 20.3 Å². The summed E-state index contributed by atoms with van der Waals surface area (Å²) in [6, 6.07) is 9.86. The quantitative estimate of drug-likeness (QED) is 0.881. The molecule has 1 saturated heterocycles. The van der Waals surface area contributed by atoms with Gasteiger partial charge in [-0.1, -0.05) is 26.0 Å². The van der Waals surface area contributed by atoms with Crippen molar-refractivity contribution >= 4 is 11.4 Å². The molecule has 1 atom stereocenters. The molecule has 0 spiro atoms. The van der Waals surface area contributed by atoms with Crippen molar-refractivity contribution in [3.8, 4) is 0 Å². The normalized spacial score (nSPS) is 19.6. The second-order valence-electron chi connectivity index (χ2n) is 5.64. The fourth-order valence-electron chi connectivity index (χ4n) is 2.70. The largest absolute Gasteiger partial charge is 0.376 e. The minimum Gasteiger partial charge on any atom is -0.376 e. The molecule has 2 rings (SSSR count). The Morgan fingerprint density at radius 1 is 1.28 bits per heavy atom. The molecule has 0 amide bonds. The molecule has 0 bridgehead atoms. The topological polar surface area (TPSA) is 18.5 Å². The first kappa shape index (κ1) is 13.2. The highest BCUT2D eigenvalue weighted by Crippen LogP contribution is 2.30. The monoisotopic (exact) mass is 247 g/mol. The van der Waals surface area contributed by atoms with Gasteiger partial charge >= 0.3 is 0 Å². The van der Waals surface area contributed by atoms with Crippen LogP contribution in [-0.4, -0.2) is 39.3 Å². The predicted molar refractivity (Wildman–Crippen MR) is 79.7 cm³/mol. The molecule has 3 heteroatoms. The number of hydrogen-bond acceptors (Lipinski definition) is 3. The lowest BCUT2D eigenvalue weighted by Gasteiger charge is -2.25. The minimum absolute atomic E-state index is 0.569. The van der Waals surface area contributed by atoms with Gasteiger partial charge in [0, 0.05) is 39.3 Å². The number of rotatable bonds is 4. The molecule has 1 unspecified atom stereocenters. The summed E-state index contributed by atoms with van der Waals surface area (Å²) in [6.45, 7) is 6.70. The van der Waals surface area contributed by atoms with Crippen molar-refractivity contribution in [2.24, 2.45) is 0 Å². The second kappa shape index (κ2) is 5.61. The molecule has 0 radical (unpaired) electrons. The first-order chi connectivity index (χ1) is 8.58. The van der Waals surface area contributed by atoms with Crippen molar-refractivity contribution in [2.45, 2.75) is 32.4 Å². The van der Waals surface area contributed by atoms with Gasteiger partial charge in [0.2, 0.25) is 0 Å². The van der Waals surface area contributed by atoms with Gasteiger partial charge in [-0.05, 0) is 18.6 Å². The SMILES string of the molecule is CC(C)NC1CCN(c2ccccc2N(C)C)C1. The smallest absolute Gasteiger partial charge is 0.0604 e. The van der Waals surface area contributed by atoms with E-state index in [1.54, 1.807) is 0 Å². The van der Waals surface area contributed by atoms with Crippen LogP contribution in [0.2, 0.25) is 0 Å². The van der Waals surface area contributed by atoms with Crippen molar-refractivity contribution in [3.63, 3.8) is 0 Å². The molecule has 1 aliphatic rings. The summed E-state index contributed by atoms with van der Waals surface area (Å²) in [4.78, 5) is 4.69. The first-order valence-corrected chi connectivity index (χ1v) is 6.85. The number of hydrogen-bond donors (Lipinski definition) is 1. The van der Waals surface area contributed by atoms with E-state index < -0.39 is 0 Å². The van der Waals surface area contributed by atoms with E-state index in [0.717, 1.165) is 13.1 Å². The molecule has 0 aliphatic carbocycles. The van der Waals surface area contributed by atoms with Crippen molar-refractivity contribution < 1.29 is 0 Å². The Morgan fingerprint density at radius 3 is 2.67 bits per heavy atom. The summed E-state index contributed by atoms with van der Waals surface area (Å²) in [6.07, 6.45) is 1.24. The predicted octanol–water partition coefficient (Wildman–Crippen LogP) is 2.33. The Hall–Kier alpha value is -1.22. The average Bonchev–Trinajstić information content (AvgIpc) is 2.76. The molecule has 1 fully saturated rings. The zero-order chi connectivity index (χ0) is 13.1. The first-order valence-electron chi connectivity index (χ1n) is 6.85. The van der Waals surface area contributed by atoms with E-state index in [0.29, 0.717) is 12.1 Å². The minimum atomic E-state index is 0.569. The van der Waals surface area contributed by atoms with Gasteiger partial charge in [0.25, 0.3) is 0 Å². The Labute approximate surface area is 111 Å². The van der Waals surface area contributed by atoms with Gasteiger partial charge in [-0.15, -0.1) is 0 Å². The highest BCUT2D eigenvalue weighted by Gasteiger charge is 2.24. The van der Waals surface area contributed by atoms with Gasteiger partial charge in [-0.25, -0.2) is 0 Å². The lowest BCUT2D eigenvalue weighted by molar-refractivity contribution is 0.492. The summed E-state index contributed by atoms with van der Waals surface area (Å²) in [5.74, 6) is 0. The summed E-state index contributed by atoms with van der Waals surface area (Å²) < 4.78 is 0. The zero-order valence-corrected chi connectivity index (χ0v) is 12.0. The lowest BCUT2D eigenvalue weighted by atomic mass is 10.2. The molecular formula is C15H25N3. The summed E-state index contributed by atoms with van der Waals surface area (Å²) >= 11 is 0. The molecule has 1 aliphatic heterocycles. The summed E-state index contributed by atoms with van der Waals surface area (Å²) in [5.41, 5.74) is 2.67. The molecule has 0 aromatic heterocycles. The number of nitrogens with one attached hydrogen (secondary N) is 1. The van der Waals surface area contributed by atoms with Crippen LogP contribution in [0.3, 0.4) is 0 Å². The van der Waals surface area contributed by atoms with E-state index in [1.807, 2.05) is 0 Å². The Balaban J connectivity index is 2.09. The lowest BCUT2D eigenvalue weighted by Crippen LogP contribution is -2.37. The van der Waals surface area contributed by atoms with Crippen LogP contribution in [0, 0.1) is 0 Å².